The summed E-state index contributed by atoms with van der Waals surface area (Å²) >= 11 is 0. The third kappa shape index (κ3) is 8.28. The third-order valence-electron chi connectivity index (χ3n) is 5.03. The first kappa shape index (κ1) is 27.0. The first-order valence-corrected chi connectivity index (χ1v) is 11.2. The van der Waals surface area contributed by atoms with E-state index in [4.69, 9.17) is 14.6 Å². The van der Waals surface area contributed by atoms with Gasteiger partial charge in [0.15, 0.2) is 6.61 Å². The van der Waals surface area contributed by atoms with Gasteiger partial charge in [-0.1, -0.05) is 44.9 Å². The molecule has 34 heavy (non-hydrogen) atoms. The van der Waals surface area contributed by atoms with Crippen molar-refractivity contribution in [1.29, 1.82) is 0 Å². The van der Waals surface area contributed by atoms with Crippen molar-refractivity contribution in [3.05, 3.63) is 53.6 Å². The molecule has 0 heterocycles. The van der Waals surface area contributed by atoms with Gasteiger partial charge >= 0.3 is 18.2 Å². The van der Waals surface area contributed by atoms with Gasteiger partial charge in [-0.25, -0.2) is 9.59 Å². The summed E-state index contributed by atoms with van der Waals surface area (Å²) in [6.45, 7) is 4.36. The Morgan fingerprint density at radius 3 is 2.41 bits per heavy atom. The maximum Gasteiger partial charge on any atom is 0.416 e. The molecule has 2 rings (SSSR count). The van der Waals surface area contributed by atoms with Crippen molar-refractivity contribution < 1.29 is 37.3 Å². The maximum absolute atomic E-state index is 13.3. The van der Waals surface area contributed by atoms with Gasteiger partial charge in [-0.2, -0.15) is 13.2 Å². The fraction of sp³-hybridized carbons (Fsp3) is 0.440. The lowest BCUT2D eigenvalue weighted by molar-refractivity contribution is -0.140. The molecule has 0 saturated carbocycles. The van der Waals surface area contributed by atoms with Gasteiger partial charge < -0.3 is 19.5 Å². The Bertz CT molecular complexity index is 962. The molecule has 0 aliphatic carbocycles. The van der Waals surface area contributed by atoms with E-state index in [1.807, 2.05) is 13.8 Å². The van der Waals surface area contributed by atoms with Gasteiger partial charge in [0.25, 0.3) is 0 Å². The minimum Gasteiger partial charge on any atom is -0.481 e. The van der Waals surface area contributed by atoms with Crippen LogP contribution in [0.4, 0.5) is 18.0 Å². The molecular weight excluding hydrogens is 451 g/mol. The first-order valence-electron chi connectivity index (χ1n) is 11.2. The molecule has 0 bridgehead atoms. The number of ether oxygens (including phenoxy) is 2. The van der Waals surface area contributed by atoms with Crippen LogP contribution >= 0.6 is 0 Å². The van der Waals surface area contributed by atoms with Crippen molar-refractivity contribution in [3.8, 4) is 16.9 Å². The number of carbonyl (C=O) groups is 2. The topological polar surface area (TPSA) is 76.1 Å². The van der Waals surface area contributed by atoms with Crippen molar-refractivity contribution in [2.24, 2.45) is 0 Å². The number of halogens is 3. The minimum atomic E-state index is -4.57. The van der Waals surface area contributed by atoms with Crippen LogP contribution in [0.5, 0.6) is 5.75 Å². The highest BCUT2D eigenvalue weighted by molar-refractivity contribution is 5.74. The quantitative estimate of drug-likeness (QED) is 0.356. The number of aliphatic carboxylic acids is 1. The van der Waals surface area contributed by atoms with E-state index in [9.17, 15) is 22.8 Å². The van der Waals surface area contributed by atoms with Gasteiger partial charge in [-0.3, -0.25) is 0 Å². The summed E-state index contributed by atoms with van der Waals surface area (Å²) in [7, 11) is 0. The molecule has 0 aromatic heterocycles. The predicted molar refractivity (Wildman–Crippen MR) is 122 cm³/mol. The first-order chi connectivity index (χ1) is 16.2. The van der Waals surface area contributed by atoms with E-state index >= 15 is 0 Å². The molecule has 0 radical (unpaired) electrons. The van der Waals surface area contributed by atoms with E-state index in [1.165, 1.54) is 0 Å². The van der Waals surface area contributed by atoms with Gasteiger partial charge in [-0.05, 0) is 48.2 Å². The van der Waals surface area contributed by atoms with Crippen molar-refractivity contribution in [2.45, 2.75) is 52.3 Å². The van der Waals surface area contributed by atoms with Gasteiger partial charge in [0, 0.05) is 18.7 Å². The monoisotopic (exact) mass is 481 g/mol. The second-order valence-corrected chi connectivity index (χ2v) is 7.83. The number of amides is 1. The summed E-state index contributed by atoms with van der Waals surface area (Å²) in [4.78, 5) is 25.0. The van der Waals surface area contributed by atoms with Crippen LogP contribution in [0.25, 0.3) is 11.1 Å². The molecule has 0 spiro atoms. The lowest BCUT2D eigenvalue weighted by Crippen LogP contribution is -2.32. The van der Waals surface area contributed by atoms with Crippen LogP contribution in [0.3, 0.4) is 0 Å². The smallest absolute Gasteiger partial charge is 0.416 e. The van der Waals surface area contributed by atoms with E-state index < -0.39 is 30.4 Å². The zero-order chi connectivity index (χ0) is 25.1. The summed E-state index contributed by atoms with van der Waals surface area (Å²) in [5.74, 6) is -1.22. The zero-order valence-corrected chi connectivity index (χ0v) is 19.4. The average molecular weight is 482 g/mol. The molecule has 2 aromatic carbocycles. The van der Waals surface area contributed by atoms with Crippen molar-refractivity contribution in [2.75, 3.05) is 19.8 Å². The molecule has 9 heteroatoms. The number of benzene rings is 2. The highest BCUT2D eigenvalue weighted by Gasteiger charge is 2.31. The van der Waals surface area contributed by atoms with Crippen molar-refractivity contribution in [1.82, 2.24) is 4.90 Å². The van der Waals surface area contributed by atoms with Crippen molar-refractivity contribution >= 4 is 12.1 Å². The SMILES string of the molecule is CCCCOC(=O)N(CCCC)Cc1cccc(-c2cc(C(F)(F)F)ccc2OCC(=O)O)c1. The summed E-state index contributed by atoms with van der Waals surface area (Å²) in [6, 6.07) is 9.63. The highest BCUT2D eigenvalue weighted by atomic mass is 19.4. The second kappa shape index (κ2) is 12.9. The van der Waals surface area contributed by atoms with E-state index in [-0.39, 0.29) is 17.9 Å². The number of rotatable bonds is 12. The van der Waals surface area contributed by atoms with E-state index in [0.717, 1.165) is 43.9 Å². The maximum atomic E-state index is 13.3. The Morgan fingerprint density at radius 1 is 1.03 bits per heavy atom. The highest BCUT2D eigenvalue weighted by Crippen LogP contribution is 2.37. The minimum absolute atomic E-state index is 0.0226. The standard InChI is InChI=1S/C25H30F3NO5/c1-3-5-12-29(24(32)33-13-6-4-2)16-18-8-7-9-19(14-18)21-15-20(25(26,27)28)10-11-22(21)34-17-23(30)31/h7-11,14-15H,3-6,12-13,16-17H2,1-2H3,(H,30,31). The van der Waals surface area contributed by atoms with Crippen LogP contribution in [-0.4, -0.2) is 41.8 Å². The summed E-state index contributed by atoms with van der Waals surface area (Å²) < 4.78 is 50.5. The summed E-state index contributed by atoms with van der Waals surface area (Å²) in [5, 5.41) is 8.91. The van der Waals surface area contributed by atoms with Gasteiger partial charge in [0.2, 0.25) is 0 Å². The van der Waals surface area contributed by atoms with E-state index in [0.29, 0.717) is 24.3 Å². The number of carbonyl (C=O) groups excluding carboxylic acids is 1. The van der Waals surface area contributed by atoms with Crippen LogP contribution in [-0.2, 0) is 22.3 Å². The fourth-order valence-electron chi connectivity index (χ4n) is 3.23. The summed E-state index contributed by atoms with van der Waals surface area (Å²) in [6.07, 6.45) is -1.68. The lowest BCUT2D eigenvalue weighted by atomic mass is 9.99. The molecule has 1 N–H and O–H groups in total. The molecule has 6 nitrogen and oxygen atoms in total. The Labute approximate surface area is 197 Å². The van der Waals surface area contributed by atoms with Gasteiger partial charge in [-0.15, -0.1) is 0 Å². The Hall–Kier alpha value is -3.23. The second-order valence-electron chi connectivity index (χ2n) is 7.83. The van der Waals surface area contributed by atoms with Crippen LogP contribution < -0.4 is 4.74 Å². The zero-order valence-electron chi connectivity index (χ0n) is 19.4. The van der Waals surface area contributed by atoms with Gasteiger partial charge in [0.1, 0.15) is 5.75 Å². The van der Waals surface area contributed by atoms with Gasteiger partial charge in [0.05, 0.1) is 12.2 Å². The number of carboxylic acids is 1. The largest absolute Gasteiger partial charge is 0.481 e. The number of carboxylic acid groups (broad SMARTS) is 1. The van der Waals surface area contributed by atoms with E-state index in [2.05, 4.69) is 0 Å². The van der Waals surface area contributed by atoms with Crippen LogP contribution in [0, 0.1) is 0 Å². The third-order valence-corrected chi connectivity index (χ3v) is 5.03. The molecule has 0 unspecified atom stereocenters. The molecule has 0 aliphatic rings. The number of hydrogen-bond acceptors (Lipinski definition) is 4. The van der Waals surface area contributed by atoms with Crippen LogP contribution in [0.1, 0.15) is 50.7 Å². The van der Waals surface area contributed by atoms with Crippen LogP contribution in [0.2, 0.25) is 0 Å². The average Bonchev–Trinajstić information content (AvgIpc) is 2.79. The molecule has 1 amide bonds. The number of unbranched alkanes of at least 4 members (excludes halogenated alkanes) is 2. The number of hydrogen-bond donors (Lipinski definition) is 1. The Kier molecular flexibility index (Phi) is 10.2. The number of alkyl halides is 3. The molecule has 186 valence electrons. The molecular formula is C25H30F3NO5. The molecule has 0 atom stereocenters. The molecule has 0 saturated heterocycles. The normalized spacial score (nSPS) is 11.2. The molecule has 0 aliphatic heterocycles. The predicted octanol–water partition coefficient (Wildman–Crippen LogP) is 6.37. The Balaban J connectivity index is 2.36. The molecule has 2 aromatic rings. The lowest BCUT2D eigenvalue weighted by Gasteiger charge is -2.22. The molecule has 0 fully saturated rings. The summed E-state index contributed by atoms with van der Waals surface area (Å²) in [5.41, 5.74) is 0.352. The fourth-order valence-corrected chi connectivity index (χ4v) is 3.23. The van der Waals surface area contributed by atoms with Crippen molar-refractivity contribution in [3.63, 3.8) is 0 Å². The number of nitrogens with zero attached hydrogens (tertiary/aromatic N) is 1. The van der Waals surface area contributed by atoms with E-state index in [1.54, 1.807) is 29.2 Å². The Morgan fingerprint density at radius 2 is 1.76 bits per heavy atom. The van der Waals surface area contributed by atoms with Crippen LogP contribution in [0.15, 0.2) is 42.5 Å².